The average Bonchev–Trinajstić information content (AvgIpc) is 3.40. The Morgan fingerprint density at radius 2 is 2.10 bits per heavy atom. The van der Waals surface area contributed by atoms with Crippen LogP contribution in [0, 0.1) is 13.8 Å². The van der Waals surface area contributed by atoms with Gasteiger partial charge >= 0.3 is 0 Å². The van der Waals surface area contributed by atoms with Gasteiger partial charge in [0.15, 0.2) is 5.76 Å². The van der Waals surface area contributed by atoms with Gasteiger partial charge in [0.05, 0.1) is 18.5 Å². The number of thiazole rings is 1. The number of hydrogen-bond acceptors (Lipinski definition) is 6. The lowest BCUT2D eigenvalue weighted by atomic mass is 10.1. The summed E-state index contributed by atoms with van der Waals surface area (Å²) in [6.07, 6.45) is 2.25. The molecule has 2 heterocycles. The number of hydrogen-bond donors (Lipinski definition) is 0. The van der Waals surface area contributed by atoms with E-state index in [9.17, 15) is 4.79 Å². The Morgan fingerprint density at radius 1 is 1.24 bits per heavy atom. The van der Waals surface area contributed by atoms with Crippen molar-refractivity contribution in [1.29, 1.82) is 0 Å². The third-order valence-corrected chi connectivity index (χ3v) is 5.46. The van der Waals surface area contributed by atoms with Crippen LogP contribution in [0.4, 0.5) is 0 Å². The molecule has 0 bridgehead atoms. The van der Waals surface area contributed by atoms with Crippen LogP contribution in [0.1, 0.15) is 38.8 Å². The Morgan fingerprint density at radius 3 is 2.83 bits per heavy atom. The highest BCUT2D eigenvalue weighted by atomic mass is 32.1. The lowest BCUT2D eigenvalue weighted by Gasteiger charge is -2.20. The van der Waals surface area contributed by atoms with E-state index in [1.165, 1.54) is 28.7 Å². The molecule has 3 rings (SSSR count). The smallest absolute Gasteiger partial charge is 0.289 e. The molecule has 0 atom stereocenters. The van der Waals surface area contributed by atoms with Crippen LogP contribution < -0.4 is 4.74 Å². The Balaban J connectivity index is 1.61. The zero-order chi connectivity index (χ0) is 20.6. The van der Waals surface area contributed by atoms with Crippen molar-refractivity contribution in [2.24, 2.45) is 0 Å². The molecule has 0 unspecified atom stereocenters. The number of rotatable bonds is 10. The van der Waals surface area contributed by atoms with E-state index in [-0.39, 0.29) is 5.91 Å². The second-order valence-corrected chi connectivity index (χ2v) is 7.76. The fraction of sp³-hybridized carbons (Fsp3) is 0.364. The van der Waals surface area contributed by atoms with Crippen molar-refractivity contribution in [3.63, 3.8) is 0 Å². The number of carbonyl (C=O) groups excluding carboxylic acids is 1. The van der Waals surface area contributed by atoms with Gasteiger partial charge in [0, 0.05) is 25.6 Å². The summed E-state index contributed by atoms with van der Waals surface area (Å²) in [6, 6.07) is 9.44. The predicted molar refractivity (Wildman–Crippen MR) is 112 cm³/mol. The van der Waals surface area contributed by atoms with Crippen molar-refractivity contribution >= 4 is 17.2 Å². The molecule has 0 radical (unpaired) electrons. The van der Waals surface area contributed by atoms with Crippen LogP contribution >= 0.6 is 11.3 Å². The Bertz CT molecular complexity index is 921. The first-order valence-electron chi connectivity index (χ1n) is 9.52. The van der Waals surface area contributed by atoms with Gasteiger partial charge in [-0.3, -0.25) is 4.79 Å². The highest BCUT2D eigenvalue weighted by Gasteiger charge is 2.19. The lowest BCUT2D eigenvalue weighted by molar-refractivity contribution is 0.0689. The standard InChI is InChI=1S/C22H26N2O4S/c1-16-7-8-19(12-17(16)2)28-14-21-23-18(15-29-21)13-24(9-5-10-26-3)22(25)20-6-4-11-27-20/h4,6-8,11-12,15H,5,9-10,13-14H2,1-3H3. The van der Waals surface area contributed by atoms with E-state index in [1.54, 1.807) is 24.1 Å². The summed E-state index contributed by atoms with van der Waals surface area (Å²) in [5.41, 5.74) is 3.28. The topological polar surface area (TPSA) is 64.8 Å². The zero-order valence-electron chi connectivity index (χ0n) is 17.0. The Kier molecular flexibility index (Phi) is 7.43. The number of aromatic nitrogens is 1. The van der Waals surface area contributed by atoms with Crippen molar-refractivity contribution < 1.29 is 18.7 Å². The van der Waals surface area contributed by atoms with E-state index >= 15 is 0 Å². The highest BCUT2D eigenvalue weighted by Crippen LogP contribution is 2.20. The number of ether oxygens (including phenoxy) is 2. The number of methoxy groups -OCH3 is 1. The monoisotopic (exact) mass is 414 g/mol. The maximum atomic E-state index is 12.7. The van der Waals surface area contributed by atoms with Crippen LogP contribution in [0.15, 0.2) is 46.4 Å². The van der Waals surface area contributed by atoms with E-state index in [2.05, 4.69) is 24.9 Å². The van der Waals surface area contributed by atoms with Crippen molar-refractivity contribution in [3.05, 3.63) is 69.6 Å². The summed E-state index contributed by atoms with van der Waals surface area (Å²) in [4.78, 5) is 19.1. The van der Waals surface area contributed by atoms with E-state index in [4.69, 9.17) is 13.9 Å². The molecule has 0 spiro atoms. The van der Waals surface area contributed by atoms with Crippen LogP contribution in [0.5, 0.6) is 5.75 Å². The molecule has 0 saturated heterocycles. The van der Waals surface area contributed by atoms with Crippen LogP contribution in [-0.2, 0) is 17.9 Å². The number of benzene rings is 1. The van der Waals surface area contributed by atoms with Gasteiger partial charge in [-0.05, 0) is 55.7 Å². The fourth-order valence-corrected chi connectivity index (χ4v) is 3.54. The molecule has 0 saturated carbocycles. The minimum absolute atomic E-state index is 0.146. The summed E-state index contributed by atoms with van der Waals surface area (Å²) in [5.74, 6) is 1.02. The van der Waals surface area contributed by atoms with Gasteiger partial charge in [-0.1, -0.05) is 6.07 Å². The third kappa shape index (κ3) is 5.92. The van der Waals surface area contributed by atoms with Gasteiger partial charge in [0.1, 0.15) is 17.4 Å². The van der Waals surface area contributed by atoms with E-state index in [0.717, 1.165) is 22.9 Å². The molecule has 0 fully saturated rings. The van der Waals surface area contributed by atoms with Gasteiger partial charge in [-0.2, -0.15) is 0 Å². The minimum atomic E-state index is -0.146. The number of nitrogens with zero attached hydrogens (tertiary/aromatic N) is 2. The summed E-state index contributed by atoms with van der Waals surface area (Å²) in [5, 5.41) is 2.85. The molecule has 7 heteroatoms. The molecule has 1 aromatic carbocycles. The minimum Gasteiger partial charge on any atom is -0.486 e. The van der Waals surface area contributed by atoms with Crippen molar-refractivity contribution in [1.82, 2.24) is 9.88 Å². The number of furan rings is 1. The van der Waals surface area contributed by atoms with Gasteiger partial charge in [-0.25, -0.2) is 4.98 Å². The molecule has 2 aromatic heterocycles. The predicted octanol–water partition coefficient (Wildman–Crippen LogP) is 4.61. The normalized spacial score (nSPS) is 10.9. The summed E-state index contributed by atoms with van der Waals surface area (Å²) in [7, 11) is 1.65. The molecular weight excluding hydrogens is 388 g/mol. The molecule has 1 amide bonds. The second-order valence-electron chi connectivity index (χ2n) is 6.82. The van der Waals surface area contributed by atoms with Crippen LogP contribution in [-0.4, -0.2) is 36.1 Å². The van der Waals surface area contributed by atoms with E-state index in [1.807, 2.05) is 17.5 Å². The first kappa shape index (κ1) is 21.1. The van der Waals surface area contributed by atoms with Gasteiger partial charge < -0.3 is 18.8 Å². The van der Waals surface area contributed by atoms with E-state index < -0.39 is 0 Å². The molecule has 154 valence electrons. The molecule has 0 aliphatic heterocycles. The Hall–Kier alpha value is -2.64. The average molecular weight is 415 g/mol. The molecule has 29 heavy (non-hydrogen) atoms. The van der Waals surface area contributed by atoms with Crippen LogP contribution in [0.2, 0.25) is 0 Å². The molecule has 0 aliphatic rings. The third-order valence-electron chi connectivity index (χ3n) is 4.59. The lowest BCUT2D eigenvalue weighted by Crippen LogP contribution is -2.32. The molecule has 0 aliphatic carbocycles. The van der Waals surface area contributed by atoms with Crippen molar-refractivity contribution in [2.75, 3.05) is 20.3 Å². The molecular formula is C22H26N2O4S. The van der Waals surface area contributed by atoms with Crippen molar-refractivity contribution in [2.45, 2.75) is 33.4 Å². The number of amides is 1. The van der Waals surface area contributed by atoms with Crippen LogP contribution in [0.25, 0.3) is 0 Å². The Labute approximate surface area is 175 Å². The second kappa shape index (κ2) is 10.2. The van der Waals surface area contributed by atoms with Crippen LogP contribution in [0.3, 0.4) is 0 Å². The van der Waals surface area contributed by atoms with Crippen molar-refractivity contribution in [3.8, 4) is 5.75 Å². The largest absolute Gasteiger partial charge is 0.486 e. The summed E-state index contributed by atoms with van der Waals surface area (Å²) >= 11 is 1.53. The number of aryl methyl sites for hydroxylation is 2. The quantitative estimate of drug-likeness (QED) is 0.453. The number of carbonyl (C=O) groups is 1. The summed E-state index contributed by atoms with van der Waals surface area (Å²) in [6.45, 7) is 6.13. The zero-order valence-corrected chi connectivity index (χ0v) is 17.8. The first-order valence-corrected chi connectivity index (χ1v) is 10.4. The summed E-state index contributed by atoms with van der Waals surface area (Å²) < 4.78 is 16.3. The van der Waals surface area contributed by atoms with E-state index in [0.29, 0.717) is 32.1 Å². The maximum Gasteiger partial charge on any atom is 0.289 e. The molecule has 0 N–H and O–H groups in total. The van der Waals surface area contributed by atoms with Gasteiger partial charge in [0.25, 0.3) is 5.91 Å². The highest BCUT2D eigenvalue weighted by molar-refractivity contribution is 7.09. The van der Waals surface area contributed by atoms with Gasteiger partial charge in [0.2, 0.25) is 0 Å². The SMILES string of the molecule is COCCCN(Cc1csc(COc2ccc(C)c(C)c2)n1)C(=O)c1ccco1. The first-order chi connectivity index (χ1) is 14.1. The fourth-order valence-electron chi connectivity index (χ4n) is 2.84. The van der Waals surface area contributed by atoms with Gasteiger partial charge in [-0.15, -0.1) is 11.3 Å². The molecule has 3 aromatic rings. The molecule has 6 nitrogen and oxygen atoms in total. The maximum absolute atomic E-state index is 12.7.